The zero-order valence-electron chi connectivity index (χ0n) is 19.4. The highest BCUT2D eigenvalue weighted by Gasteiger charge is 2.18. The number of rotatable bonds is 9. The van der Waals surface area contributed by atoms with Crippen molar-refractivity contribution < 1.29 is 17.9 Å². The molecular weight excluding hydrogens is 583 g/mol. The van der Waals surface area contributed by atoms with Crippen LogP contribution in [0, 0.1) is 3.57 Å². The number of benzene rings is 2. The van der Waals surface area contributed by atoms with E-state index in [1.165, 1.54) is 13.1 Å². The monoisotopic (exact) mass is 610 g/mol. The molecule has 0 spiro atoms. The number of para-hydroxylation sites is 1. The fourth-order valence-electron chi connectivity index (χ4n) is 3.58. The fourth-order valence-corrected chi connectivity index (χ4v) is 4.87. The van der Waals surface area contributed by atoms with E-state index in [9.17, 15) is 8.42 Å². The van der Waals surface area contributed by atoms with Crippen LogP contribution in [0.15, 0.2) is 53.6 Å². The molecule has 0 radical (unpaired) electrons. The minimum atomic E-state index is -3.65. The van der Waals surface area contributed by atoms with Gasteiger partial charge in [-0.1, -0.05) is 12.1 Å². The van der Waals surface area contributed by atoms with Crippen molar-refractivity contribution in [2.75, 3.05) is 55.5 Å². The zero-order chi connectivity index (χ0) is 24.8. The first-order valence-corrected chi connectivity index (χ1v) is 13.7. The molecule has 10 nitrogen and oxygen atoms in total. The lowest BCUT2D eigenvalue weighted by Crippen LogP contribution is -2.36. The first-order chi connectivity index (χ1) is 16.9. The summed E-state index contributed by atoms with van der Waals surface area (Å²) in [7, 11) is -2.27. The average Bonchev–Trinajstić information content (AvgIpc) is 2.88. The van der Waals surface area contributed by atoms with Crippen molar-refractivity contribution in [2.24, 2.45) is 0 Å². The Kier molecular flexibility index (Phi) is 8.26. The number of anilines is 5. The molecule has 4 rings (SSSR count). The van der Waals surface area contributed by atoms with Gasteiger partial charge in [-0.2, -0.15) is 4.98 Å². The van der Waals surface area contributed by atoms with Crippen molar-refractivity contribution in [1.82, 2.24) is 14.7 Å². The van der Waals surface area contributed by atoms with Crippen LogP contribution in [0.1, 0.15) is 6.92 Å². The number of sulfonamides is 1. The maximum Gasteiger partial charge on any atom is 0.242 e. The highest BCUT2D eigenvalue weighted by Crippen LogP contribution is 2.33. The molecule has 186 valence electrons. The van der Waals surface area contributed by atoms with Gasteiger partial charge in [-0.15, -0.1) is 0 Å². The molecule has 0 atom stereocenters. The number of ether oxygens (including phenoxy) is 2. The molecule has 3 aromatic rings. The van der Waals surface area contributed by atoms with E-state index in [-0.39, 0.29) is 4.90 Å². The Morgan fingerprint density at radius 1 is 1.11 bits per heavy atom. The third-order valence-corrected chi connectivity index (χ3v) is 7.59. The largest absolute Gasteiger partial charge is 0.492 e. The van der Waals surface area contributed by atoms with Crippen molar-refractivity contribution in [1.29, 1.82) is 0 Å². The normalized spacial score (nSPS) is 14.0. The standard InChI is InChI=1S/C23H27IN6O4S/c1-3-34-20-14-16(30-10-12-33-13-11-30)8-9-18(20)28-23-26-15-17(24)22(29-23)27-19-6-4-5-7-21(19)35(31,32)25-2/h4-9,14-15,25H,3,10-13H2,1-2H3,(H2,26,27,28,29). The van der Waals surface area contributed by atoms with Crippen molar-refractivity contribution in [3.63, 3.8) is 0 Å². The van der Waals surface area contributed by atoms with Crippen LogP contribution in [0.4, 0.5) is 28.8 Å². The van der Waals surface area contributed by atoms with Crippen LogP contribution in [-0.2, 0) is 14.8 Å². The Labute approximate surface area is 218 Å². The van der Waals surface area contributed by atoms with E-state index in [2.05, 4.69) is 52.8 Å². The second kappa shape index (κ2) is 11.4. The first-order valence-electron chi connectivity index (χ1n) is 11.1. The second-order valence-electron chi connectivity index (χ2n) is 7.56. The van der Waals surface area contributed by atoms with Gasteiger partial charge >= 0.3 is 0 Å². The molecule has 2 aromatic carbocycles. The van der Waals surface area contributed by atoms with Gasteiger partial charge in [-0.25, -0.2) is 18.1 Å². The third-order valence-electron chi connectivity index (χ3n) is 5.33. The minimum absolute atomic E-state index is 0.128. The number of halogens is 1. The predicted octanol–water partition coefficient (Wildman–Crippen LogP) is 3.71. The van der Waals surface area contributed by atoms with E-state index in [0.717, 1.165) is 28.0 Å². The number of aromatic nitrogens is 2. The van der Waals surface area contributed by atoms with Crippen LogP contribution in [0.2, 0.25) is 0 Å². The summed E-state index contributed by atoms with van der Waals surface area (Å²) in [5.41, 5.74) is 2.21. The van der Waals surface area contributed by atoms with E-state index in [4.69, 9.17) is 9.47 Å². The molecule has 35 heavy (non-hydrogen) atoms. The number of hydrogen-bond donors (Lipinski definition) is 3. The maximum atomic E-state index is 12.4. The molecular formula is C23H27IN6O4S. The summed E-state index contributed by atoms with van der Waals surface area (Å²) >= 11 is 2.11. The fraction of sp³-hybridized carbons (Fsp3) is 0.304. The smallest absolute Gasteiger partial charge is 0.242 e. The molecule has 0 bridgehead atoms. The summed E-state index contributed by atoms with van der Waals surface area (Å²) in [6.45, 7) is 5.52. The molecule has 0 amide bonds. The molecule has 1 fully saturated rings. The van der Waals surface area contributed by atoms with Gasteiger partial charge in [-0.05, 0) is 60.8 Å². The van der Waals surface area contributed by atoms with Crippen LogP contribution in [0.5, 0.6) is 5.75 Å². The number of hydrogen-bond acceptors (Lipinski definition) is 9. The third kappa shape index (κ3) is 6.12. The summed E-state index contributed by atoms with van der Waals surface area (Å²) in [5, 5.41) is 6.36. The topological polar surface area (TPSA) is 118 Å². The van der Waals surface area contributed by atoms with Crippen LogP contribution >= 0.6 is 22.6 Å². The van der Waals surface area contributed by atoms with E-state index in [1.54, 1.807) is 24.4 Å². The molecule has 0 aliphatic carbocycles. The van der Waals surface area contributed by atoms with Gasteiger partial charge < -0.3 is 25.0 Å². The van der Waals surface area contributed by atoms with Crippen LogP contribution < -0.4 is 25.0 Å². The van der Waals surface area contributed by atoms with Gasteiger partial charge in [0.2, 0.25) is 16.0 Å². The van der Waals surface area contributed by atoms with E-state index >= 15 is 0 Å². The average molecular weight is 610 g/mol. The Morgan fingerprint density at radius 3 is 2.63 bits per heavy atom. The van der Waals surface area contributed by atoms with Gasteiger partial charge in [0.25, 0.3) is 0 Å². The van der Waals surface area contributed by atoms with Crippen molar-refractivity contribution in [2.45, 2.75) is 11.8 Å². The van der Waals surface area contributed by atoms with Gasteiger partial charge in [0, 0.05) is 31.0 Å². The molecule has 3 N–H and O–H groups in total. The summed E-state index contributed by atoms with van der Waals surface area (Å²) in [5.74, 6) is 1.52. The van der Waals surface area contributed by atoms with Gasteiger partial charge in [0.1, 0.15) is 16.5 Å². The molecule has 1 saturated heterocycles. The van der Waals surface area contributed by atoms with Crippen LogP contribution in [0.25, 0.3) is 0 Å². The Hall–Kier alpha value is -2.68. The zero-order valence-corrected chi connectivity index (χ0v) is 22.4. The van der Waals surface area contributed by atoms with Gasteiger partial charge in [0.15, 0.2) is 0 Å². The summed E-state index contributed by atoms with van der Waals surface area (Å²) < 4.78 is 39.3. The van der Waals surface area contributed by atoms with Crippen LogP contribution in [-0.4, -0.2) is 58.3 Å². The lowest BCUT2D eigenvalue weighted by atomic mass is 10.2. The number of nitrogens with one attached hydrogen (secondary N) is 3. The Bertz CT molecular complexity index is 1280. The van der Waals surface area contributed by atoms with Crippen molar-refractivity contribution >= 4 is 61.4 Å². The van der Waals surface area contributed by atoms with Gasteiger partial charge in [0.05, 0.1) is 34.8 Å². The number of nitrogens with zero attached hydrogens (tertiary/aromatic N) is 3. The van der Waals surface area contributed by atoms with Crippen molar-refractivity contribution in [3.05, 3.63) is 52.2 Å². The number of morpholine rings is 1. The van der Waals surface area contributed by atoms with E-state index in [0.29, 0.717) is 43.0 Å². The molecule has 0 saturated carbocycles. The lowest BCUT2D eigenvalue weighted by Gasteiger charge is -2.29. The highest BCUT2D eigenvalue weighted by molar-refractivity contribution is 14.1. The van der Waals surface area contributed by atoms with E-state index in [1.807, 2.05) is 25.1 Å². The lowest BCUT2D eigenvalue weighted by molar-refractivity contribution is 0.122. The summed E-state index contributed by atoms with van der Waals surface area (Å²) in [6.07, 6.45) is 1.66. The van der Waals surface area contributed by atoms with E-state index < -0.39 is 10.0 Å². The summed E-state index contributed by atoms with van der Waals surface area (Å²) in [4.78, 5) is 11.4. The molecule has 1 aliphatic heterocycles. The van der Waals surface area contributed by atoms with Crippen LogP contribution in [0.3, 0.4) is 0 Å². The Morgan fingerprint density at radius 2 is 1.89 bits per heavy atom. The Balaban J connectivity index is 1.60. The molecule has 0 unspecified atom stereocenters. The predicted molar refractivity (Wildman–Crippen MR) is 145 cm³/mol. The van der Waals surface area contributed by atoms with Crippen molar-refractivity contribution in [3.8, 4) is 5.75 Å². The quantitative estimate of drug-likeness (QED) is 0.312. The molecule has 12 heteroatoms. The second-order valence-corrected chi connectivity index (χ2v) is 10.6. The molecule has 1 aliphatic rings. The first kappa shape index (κ1) is 25.4. The highest BCUT2D eigenvalue weighted by atomic mass is 127. The molecule has 2 heterocycles. The SMILES string of the molecule is CCOc1cc(N2CCOCC2)ccc1Nc1ncc(I)c(Nc2ccccc2S(=O)(=O)NC)n1. The van der Waals surface area contributed by atoms with Gasteiger partial charge in [-0.3, -0.25) is 0 Å². The summed E-state index contributed by atoms with van der Waals surface area (Å²) in [6, 6.07) is 12.6. The molecule has 1 aromatic heterocycles. The minimum Gasteiger partial charge on any atom is -0.492 e. The maximum absolute atomic E-state index is 12.4.